The average molecular weight is 715 g/mol. The normalized spacial score (nSPS) is 23.3. The van der Waals surface area contributed by atoms with Gasteiger partial charge in [0, 0.05) is 35.8 Å². The molecule has 2 aromatic carbocycles. The molecule has 0 saturated carbocycles. The Bertz CT molecular complexity index is 1840. The topological polar surface area (TPSA) is 120 Å². The van der Waals surface area contributed by atoms with Crippen molar-refractivity contribution < 1.29 is 33.2 Å². The van der Waals surface area contributed by atoms with Crippen LogP contribution in [0.25, 0.3) is 22.0 Å². The smallest absolute Gasteiger partial charge is 0.464 e. The van der Waals surface area contributed by atoms with Gasteiger partial charge in [-0.15, -0.1) is 0 Å². The first kappa shape index (κ1) is 37.9. The molecule has 11 nitrogen and oxygen atoms in total. The molecule has 3 aromatic rings. The lowest BCUT2D eigenvalue weighted by Gasteiger charge is -2.35. The maximum absolute atomic E-state index is 14.1. The summed E-state index contributed by atoms with van der Waals surface area (Å²) in [7, 11) is -0.584. The third-order valence-corrected chi connectivity index (χ3v) is 10.7. The molecule has 0 spiro atoms. The van der Waals surface area contributed by atoms with Crippen LogP contribution in [-0.2, 0) is 47.8 Å². The molecule has 12 heteroatoms. The Balaban J connectivity index is 1.48. The van der Waals surface area contributed by atoms with E-state index in [-0.39, 0.29) is 18.9 Å². The fourth-order valence-corrected chi connectivity index (χ4v) is 7.34. The van der Waals surface area contributed by atoms with E-state index in [9.17, 15) is 14.4 Å². The minimum Gasteiger partial charge on any atom is -0.464 e. The summed E-state index contributed by atoms with van der Waals surface area (Å²) in [6.45, 7) is 21.2. The number of fused-ring (bicyclic) bond motifs is 6. The third kappa shape index (κ3) is 7.75. The largest absolute Gasteiger partial charge is 0.512 e. The predicted molar refractivity (Wildman–Crippen MR) is 202 cm³/mol. The monoisotopic (exact) mass is 714 g/mol. The number of hydrogen-bond acceptors (Lipinski definition) is 8. The molecule has 0 aliphatic carbocycles. The molecule has 6 rings (SSSR count). The zero-order valence-electron chi connectivity index (χ0n) is 32.5. The predicted octanol–water partition coefficient (Wildman–Crippen LogP) is 5.68. The number of amides is 2. The second-order valence-corrected chi connectivity index (χ2v) is 17.3. The molecule has 2 N–H and O–H groups in total. The highest BCUT2D eigenvalue weighted by Gasteiger charge is 2.53. The van der Waals surface area contributed by atoms with Crippen molar-refractivity contribution in [2.75, 3.05) is 13.2 Å². The van der Waals surface area contributed by atoms with E-state index in [1.807, 2.05) is 12.1 Å². The second-order valence-electron chi connectivity index (χ2n) is 17.3. The molecule has 2 amide bonds. The number of carbonyl (C=O) groups excluding carboxylic acids is 3. The van der Waals surface area contributed by atoms with E-state index in [4.69, 9.17) is 18.8 Å². The van der Waals surface area contributed by atoms with Gasteiger partial charge in [-0.05, 0) is 109 Å². The van der Waals surface area contributed by atoms with E-state index in [2.05, 4.69) is 94.1 Å². The number of alkyl carbamates (subject to hydrolysis) is 1. The van der Waals surface area contributed by atoms with Crippen molar-refractivity contribution >= 4 is 41.6 Å². The van der Waals surface area contributed by atoms with Crippen molar-refractivity contribution in [1.29, 1.82) is 0 Å². The van der Waals surface area contributed by atoms with Crippen LogP contribution in [0, 0.1) is 5.41 Å². The first-order valence-corrected chi connectivity index (χ1v) is 18.6. The first-order chi connectivity index (χ1) is 24.3. The Morgan fingerprint density at radius 3 is 2.38 bits per heavy atom. The van der Waals surface area contributed by atoms with Gasteiger partial charge in [0.05, 0.1) is 23.4 Å². The number of ether oxygens (including phenoxy) is 2. The first-order valence-electron chi connectivity index (χ1n) is 18.6. The van der Waals surface area contributed by atoms with E-state index < -0.39 is 53.5 Å². The summed E-state index contributed by atoms with van der Waals surface area (Å²) in [5.41, 5.74) is 6.88. The van der Waals surface area contributed by atoms with Crippen LogP contribution in [0.15, 0.2) is 42.5 Å². The standard InChI is InChI=1S/C40H55BN4O7/c1-11-44-32-18-17-27-22-28(32)29(33(44)41-51-39(7,8)40(9,10)52-41)23-38(5,6)24-49-35(47)30-16-13-19-45(43-30)34(46)31(42-36(48)50-37(2,3)4)21-25-14-12-15-26(27)20-25/h12,14-15,17-18,20,22,30-31,43H,11,13,16,19,21,23-24H2,1-10H3,(H,42,48)/t30-,31-/m0/s1. The zero-order valence-corrected chi connectivity index (χ0v) is 32.5. The third-order valence-electron chi connectivity index (χ3n) is 10.7. The number of benzene rings is 2. The quantitative estimate of drug-likeness (QED) is 0.263. The molecule has 0 radical (unpaired) electrons. The van der Waals surface area contributed by atoms with Gasteiger partial charge in [0.1, 0.15) is 17.7 Å². The van der Waals surface area contributed by atoms with Crippen LogP contribution < -0.4 is 16.3 Å². The van der Waals surface area contributed by atoms with Gasteiger partial charge in [0.15, 0.2) is 0 Å². The molecular formula is C40H55BN4O7. The number of nitrogens with zero attached hydrogens (tertiary/aromatic N) is 2. The number of hydrazine groups is 1. The molecule has 1 aromatic heterocycles. The molecule has 3 aliphatic heterocycles. The van der Waals surface area contributed by atoms with E-state index in [1.165, 1.54) is 5.01 Å². The van der Waals surface area contributed by atoms with Gasteiger partial charge < -0.3 is 28.7 Å². The number of rotatable bonds is 3. The van der Waals surface area contributed by atoms with Gasteiger partial charge in [-0.3, -0.25) is 14.6 Å². The van der Waals surface area contributed by atoms with Gasteiger partial charge in [0.25, 0.3) is 5.91 Å². The van der Waals surface area contributed by atoms with Crippen LogP contribution in [0.5, 0.6) is 0 Å². The molecule has 280 valence electrons. The summed E-state index contributed by atoms with van der Waals surface area (Å²) in [4.78, 5) is 40.7. The Hall–Kier alpha value is -3.87. The summed E-state index contributed by atoms with van der Waals surface area (Å²) < 4.78 is 27.2. The Labute approximate surface area is 308 Å². The van der Waals surface area contributed by atoms with Crippen LogP contribution in [-0.4, -0.2) is 76.7 Å². The number of esters is 1. The minimum atomic E-state index is -0.944. The van der Waals surface area contributed by atoms with Crippen LogP contribution >= 0.6 is 0 Å². The Kier molecular flexibility index (Phi) is 10.1. The van der Waals surface area contributed by atoms with E-state index in [0.29, 0.717) is 32.4 Å². The van der Waals surface area contributed by atoms with Crippen molar-refractivity contribution in [3.05, 3.63) is 53.6 Å². The lowest BCUT2D eigenvalue weighted by Crippen LogP contribution is -2.60. The number of aryl methyl sites for hydroxylation is 1. The molecule has 0 unspecified atom stereocenters. The Morgan fingerprint density at radius 2 is 1.71 bits per heavy atom. The van der Waals surface area contributed by atoms with E-state index >= 15 is 0 Å². The SMILES string of the molecule is CCn1c(B2OC(C)(C)C(C)(C)O2)c2c3cc(ccc31)-c1cccc(c1)C[C@H](NC(=O)OC(C)(C)C)C(=O)N1CCC[C@H](N1)C(=O)OCC(C)(C)C2. The van der Waals surface area contributed by atoms with Crippen LogP contribution in [0.2, 0.25) is 0 Å². The zero-order chi connectivity index (χ0) is 37.8. The highest BCUT2D eigenvalue weighted by atomic mass is 16.7. The van der Waals surface area contributed by atoms with Gasteiger partial charge >= 0.3 is 19.2 Å². The van der Waals surface area contributed by atoms with E-state index in [1.54, 1.807) is 20.8 Å². The number of aromatic nitrogens is 1. The molecule has 2 atom stereocenters. The van der Waals surface area contributed by atoms with Crippen LogP contribution in [0.3, 0.4) is 0 Å². The summed E-state index contributed by atoms with van der Waals surface area (Å²) in [5.74, 6) is -0.766. The summed E-state index contributed by atoms with van der Waals surface area (Å²) in [5, 5.41) is 5.34. The van der Waals surface area contributed by atoms with Crippen molar-refractivity contribution in [3.63, 3.8) is 0 Å². The van der Waals surface area contributed by atoms with Gasteiger partial charge in [-0.2, -0.15) is 0 Å². The van der Waals surface area contributed by atoms with Crippen LogP contribution in [0.4, 0.5) is 4.79 Å². The Morgan fingerprint density at radius 1 is 1.02 bits per heavy atom. The molecule has 52 heavy (non-hydrogen) atoms. The molecular weight excluding hydrogens is 659 g/mol. The fourth-order valence-electron chi connectivity index (χ4n) is 7.34. The van der Waals surface area contributed by atoms with Gasteiger partial charge in [-0.25, -0.2) is 10.2 Å². The molecule has 2 fully saturated rings. The molecule has 2 saturated heterocycles. The fraction of sp³-hybridized carbons (Fsp3) is 0.575. The highest BCUT2D eigenvalue weighted by molar-refractivity contribution is 6.62. The van der Waals surface area contributed by atoms with Crippen molar-refractivity contribution in [2.24, 2.45) is 5.41 Å². The van der Waals surface area contributed by atoms with Crippen molar-refractivity contribution in [2.45, 2.75) is 130 Å². The van der Waals surface area contributed by atoms with Gasteiger partial charge in [0.2, 0.25) is 0 Å². The van der Waals surface area contributed by atoms with Crippen LogP contribution in [0.1, 0.15) is 93.2 Å². The van der Waals surface area contributed by atoms with Gasteiger partial charge in [-0.1, -0.05) is 44.2 Å². The average Bonchev–Trinajstić information content (AvgIpc) is 3.48. The maximum Gasteiger partial charge on any atom is 0.512 e. The summed E-state index contributed by atoms with van der Waals surface area (Å²) in [6.07, 6.45) is 1.27. The number of nitrogens with one attached hydrogen (secondary N) is 2. The highest BCUT2D eigenvalue weighted by Crippen LogP contribution is 2.39. The van der Waals surface area contributed by atoms with Crippen molar-refractivity contribution in [1.82, 2.24) is 20.3 Å². The molecule has 3 aliphatic rings. The minimum absolute atomic E-state index is 0.171. The lowest BCUT2D eigenvalue weighted by molar-refractivity contribution is -0.155. The lowest BCUT2D eigenvalue weighted by atomic mass is 9.76. The molecule has 6 bridgehead atoms. The molecule has 4 heterocycles. The van der Waals surface area contributed by atoms with E-state index in [0.717, 1.165) is 38.8 Å². The number of hydrogen-bond donors (Lipinski definition) is 2. The van der Waals surface area contributed by atoms with Crippen molar-refractivity contribution in [3.8, 4) is 11.1 Å². The number of carbonyl (C=O) groups is 3. The summed E-state index contributed by atoms with van der Waals surface area (Å²) >= 11 is 0. The summed E-state index contributed by atoms with van der Waals surface area (Å²) in [6, 6.07) is 12.9. The maximum atomic E-state index is 14.1. The number of cyclic esters (lactones) is 1. The second kappa shape index (κ2) is 13.8.